The lowest BCUT2D eigenvalue weighted by Crippen LogP contribution is -2.23. The van der Waals surface area contributed by atoms with Gasteiger partial charge in [0.1, 0.15) is 5.82 Å². The van der Waals surface area contributed by atoms with Crippen LogP contribution in [0.15, 0.2) is 35.4 Å². The lowest BCUT2D eigenvalue weighted by molar-refractivity contribution is 0.607. The van der Waals surface area contributed by atoms with E-state index in [4.69, 9.17) is 5.73 Å². The summed E-state index contributed by atoms with van der Waals surface area (Å²) in [5.41, 5.74) is 6.85. The molecule has 1 aromatic carbocycles. The van der Waals surface area contributed by atoms with Crippen molar-refractivity contribution in [3.63, 3.8) is 0 Å². The highest BCUT2D eigenvalue weighted by atomic mass is 19.1. The molecule has 19 heavy (non-hydrogen) atoms. The Morgan fingerprint density at radius 2 is 2.11 bits per heavy atom. The van der Waals surface area contributed by atoms with Crippen molar-refractivity contribution < 1.29 is 4.39 Å². The molecule has 5 heteroatoms. The van der Waals surface area contributed by atoms with Gasteiger partial charge >= 0.3 is 5.69 Å². The zero-order valence-corrected chi connectivity index (χ0v) is 10.6. The maximum Gasteiger partial charge on any atom is 0.328 e. The molecule has 0 saturated heterocycles. The van der Waals surface area contributed by atoms with Gasteiger partial charge < -0.3 is 5.73 Å². The Bertz CT molecular complexity index is 655. The SMILES string of the molecule is NCc1cc(Cn2ccn(C3CC3)c2=O)ccc1F. The predicted molar refractivity (Wildman–Crippen MR) is 70.4 cm³/mol. The van der Waals surface area contributed by atoms with Crippen molar-refractivity contribution in [3.8, 4) is 0 Å². The first-order valence-corrected chi connectivity index (χ1v) is 6.43. The van der Waals surface area contributed by atoms with Crippen LogP contribution in [0, 0.1) is 5.82 Å². The average molecular weight is 261 g/mol. The van der Waals surface area contributed by atoms with Crippen LogP contribution in [0.1, 0.15) is 30.0 Å². The molecule has 1 aromatic heterocycles. The quantitative estimate of drug-likeness (QED) is 0.909. The first-order chi connectivity index (χ1) is 9.19. The molecule has 0 atom stereocenters. The van der Waals surface area contributed by atoms with Gasteiger partial charge in [-0.3, -0.25) is 9.13 Å². The molecule has 1 fully saturated rings. The summed E-state index contributed by atoms with van der Waals surface area (Å²) < 4.78 is 16.8. The van der Waals surface area contributed by atoms with Crippen molar-refractivity contribution in [2.24, 2.45) is 5.73 Å². The van der Waals surface area contributed by atoms with Crippen LogP contribution >= 0.6 is 0 Å². The lowest BCUT2D eigenvalue weighted by atomic mass is 10.1. The molecule has 0 radical (unpaired) electrons. The second kappa shape index (κ2) is 4.66. The second-order valence-electron chi connectivity index (χ2n) is 4.98. The van der Waals surface area contributed by atoms with Crippen molar-refractivity contribution in [1.29, 1.82) is 0 Å². The predicted octanol–water partition coefficient (Wildman–Crippen LogP) is 1.63. The van der Waals surface area contributed by atoms with E-state index in [1.54, 1.807) is 27.5 Å². The van der Waals surface area contributed by atoms with E-state index in [0.29, 0.717) is 18.2 Å². The van der Waals surface area contributed by atoms with E-state index >= 15 is 0 Å². The Balaban J connectivity index is 1.86. The van der Waals surface area contributed by atoms with Crippen molar-refractivity contribution >= 4 is 0 Å². The average Bonchev–Trinajstić information content (AvgIpc) is 3.18. The van der Waals surface area contributed by atoms with Crippen LogP contribution in [0.2, 0.25) is 0 Å². The molecule has 1 heterocycles. The maximum atomic E-state index is 13.4. The van der Waals surface area contributed by atoms with E-state index in [2.05, 4.69) is 0 Å². The number of hydrogen-bond donors (Lipinski definition) is 1. The van der Waals surface area contributed by atoms with Crippen LogP contribution in [-0.2, 0) is 13.1 Å². The standard InChI is InChI=1S/C14H16FN3O/c15-13-4-1-10(7-11(13)8-16)9-17-5-6-18(14(17)19)12-2-3-12/h1,4-7,12H,2-3,8-9,16H2. The Morgan fingerprint density at radius 1 is 1.32 bits per heavy atom. The van der Waals surface area contributed by atoms with Gasteiger partial charge in [0.05, 0.1) is 6.54 Å². The Labute approximate surface area is 110 Å². The zero-order chi connectivity index (χ0) is 13.4. The monoisotopic (exact) mass is 261 g/mol. The van der Waals surface area contributed by atoms with Crippen molar-refractivity contribution in [2.75, 3.05) is 0 Å². The van der Waals surface area contributed by atoms with Crippen LogP contribution in [0.5, 0.6) is 0 Å². The van der Waals surface area contributed by atoms with Gasteiger partial charge in [0, 0.05) is 30.5 Å². The molecule has 0 spiro atoms. The van der Waals surface area contributed by atoms with Crippen LogP contribution in [-0.4, -0.2) is 9.13 Å². The third-order valence-corrected chi connectivity index (χ3v) is 3.50. The highest BCUT2D eigenvalue weighted by molar-refractivity contribution is 5.25. The number of imidazole rings is 1. The number of halogens is 1. The summed E-state index contributed by atoms with van der Waals surface area (Å²) in [7, 11) is 0. The van der Waals surface area contributed by atoms with E-state index in [9.17, 15) is 9.18 Å². The topological polar surface area (TPSA) is 52.9 Å². The first-order valence-electron chi connectivity index (χ1n) is 6.43. The number of rotatable bonds is 4. The van der Waals surface area contributed by atoms with E-state index < -0.39 is 0 Å². The highest BCUT2D eigenvalue weighted by Gasteiger charge is 2.25. The summed E-state index contributed by atoms with van der Waals surface area (Å²) >= 11 is 0. The molecular weight excluding hydrogens is 245 g/mol. The van der Waals surface area contributed by atoms with Gasteiger partial charge in [-0.15, -0.1) is 0 Å². The van der Waals surface area contributed by atoms with Crippen LogP contribution in [0.4, 0.5) is 4.39 Å². The van der Waals surface area contributed by atoms with Gasteiger partial charge in [0.25, 0.3) is 0 Å². The minimum Gasteiger partial charge on any atom is -0.326 e. The van der Waals surface area contributed by atoms with Crippen molar-refractivity contribution in [2.45, 2.75) is 32.0 Å². The molecule has 1 aliphatic rings. The molecule has 0 aliphatic heterocycles. The molecule has 2 N–H and O–H groups in total. The van der Waals surface area contributed by atoms with E-state index in [-0.39, 0.29) is 18.1 Å². The van der Waals surface area contributed by atoms with Gasteiger partial charge in [-0.2, -0.15) is 0 Å². The third kappa shape index (κ3) is 2.33. The molecule has 1 saturated carbocycles. The fourth-order valence-corrected chi connectivity index (χ4v) is 2.26. The van der Waals surface area contributed by atoms with Crippen LogP contribution in [0.25, 0.3) is 0 Å². The molecule has 0 unspecified atom stereocenters. The largest absolute Gasteiger partial charge is 0.328 e. The summed E-state index contributed by atoms with van der Waals surface area (Å²) in [5.74, 6) is -0.297. The molecule has 100 valence electrons. The summed E-state index contributed by atoms with van der Waals surface area (Å²) in [6.07, 6.45) is 5.77. The fourth-order valence-electron chi connectivity index (χ4n) is 2.26. The molecule has 4 nitrogen and oxygen atoms in total. The minimum absolute atomic E-state index is 0.00104. The van der Waals surface area contributed by atoms with E-state index in [1.807, 2.05) is 6.20 Å². The van der Waals surface area contributed by atoms with Crippen LogP contribution in [0.3, 0.4) is 0 Å². The van der Waals surface area contributed by atoms with Crippen LogP contribution < -0.4 is 11.4 Å². The van der Waals surface area contributed by atoms with Gasteiger partial charge in [-0.05, 0) is 30.5 Å². The zero-order valence-electron chi connectivity index (χ0n) is 10.6. The van der Waals surface area contributed by atoms with E-state index in [0.717, 1.165) is 18.4 Å². The molecule has 2 aromatic rings. The molecule has 3 rings (SSSR count). The van der Waals surface area contributed by atoms with Gasteiger partial charge in [0.15, 0.2) is 0 Å². The normalized spacial score (nSPS) is 14.8. The number of aromatic nitrogens is 2. The van der Waals surface area contributed by atoms with Gasteiger partial charge in [-0.1, -0.05) is 6.07 Å². The van der Waals surface area contributed by atoms with Gasteiger partial charge in [0.2, 0.25) is 0 Å². The number of nitrogens with zero attached hydrogens (tertiary/aromatic N) is 2. The highest BCUT2D eigenvalue weighted by Crippen LogP contribution is 2.33. The number of benzene rings is 1. The van der Waals surface area contributed by atoms with Gasteiger partial charge in [-0.25, -0.2) is 9.18 Å². The first kappa shape index (κ1) is 12.2. The molecular formula is C14H16FN3O. The smallest absolute Gasteiger partial charge is 0.326 e. The Hall–Kier alpha value is -1.88. The fraction of sp³-hybridized carbons (Fsp3) is 0.357. The summed E-state index contributed by atoms with van der Waals surface area (Å²) in [5, 5.41) is 0. The molecule has 1 aliphatic carbocycles. The Kier molecular flexibility index (Phi) is 2.98. The summed E-state index contributed by atoms with van der Waals surface area (Å²) in [6, 6.07) is 5.19. The minimum atomic E-state index is -0.297. The van der Waals surface area contributed by atoms with E-state index in [1.165, 1.54) is 6.07 Å². The van der Waals surface area contributed by atoms with Crippen molar-refractivity contribution in [3.05, 3.63) is 58.0 Å². The number of hydrogen-bond acceptors (Lipinski definition) is 2. The summed E-state index contributed by atoms with van der Waals surface area (Å²) in [6.45, 7) is 0.615. The summed E-state index contributed by atoms with van der Waals surface area (Å²) in [4.78, 5) is 12.1. The molecule has 0 amide bonds. The Morgan fingerprint density at radius 3 is 2.79 bits per heavy atom. The molecule has 0 bridgehead atoms. The second-order valence-corrected chi connectivity index (χ2v) is 4.98. The number of nitrogens with two attached hydrogens (primary N) is 1. The third-order valence-electron chi connectivity index (χ3n) is 3.50. The van der Waals surface area contributed by atoms with Crippen molar-refractivity contribution in [1.82, 2.24) is 9.13 Å². The lowest BCUT2D eigenvalue weighted by Gasteiger charge is -2.05. The maximum absolute atomic E-state index is 13.4.